The predicted molar refractivity (Wildman–Crippen MR) is 128 cm³/mol. The molecule has 0 spiro atoms. The van der Waals surface area contributed by atoms with Crippen LogP contribution < -0.4 is 19.0 Å². The zero-order valence-corrected chi connectivity index (χ0v) is 19.4. The van der Waals surface area contributed by atoms with Gasteiger partial charge in [0.05, 0.1) is 27.7 Å². The molecule has 0 atom stereocenters. The van der Waals surface area contributed by atoms with Crippen LogP contribution in [0, 0.1) is 0 Å². The molecule has 0 saturated heterocycles. The lowest BCUT2D eigenvalue weighted by molar-refractivity contribution is 0.390. The molecular weight excluding hydrogens is 484 g/mol. The van der Waals surface area contributed by atoms with Crippen molar-refractivity contribution in [3.63, 3.8) is 0 Å². The quantitative estimate of drug-likeness (QED) is 0.342. The molecule has 2 heterocycles. The van der Waals surface area contributed by atoms with Gasteiger partial charge in [-0.2, -0.15) is 8.42 Å². The van der Waals surface area contributed by atoms with Crippen molar-refractivity contribution in [3.05, 3.63) is 92.2 Å². The highest BCUT2D eigenvalue weighted by Gasteiger charge is 2.22. The summed E-state index contributed by atoms with van der Waals surface area (Å²) in [5, 5.41) is 0.0272. The van der Waals surface area contributed by atoms with Gasteiger partial charge in [-0.15, -0.1) is 0 Å². The summed E-state index contributed by atoms with van der Waals surface area (Å²) in [6.45, 7) is 0. The van der Waals surface area contributed by atoms with Gasteiger partial charge in [0.1, 0.15) is 4.90 Å². The van der Waals surface area contributed by atoms with E-state index < -0.39 is 10.1 Å². The molecule has 33 heavy (non-hydrogen) atoms. The van der Waals surface area contributed by atoms with E-state index in [0.29, 0.717) is 15.1 Å². The molecule has 0 radical (unpaired) electrons. The summed E-state index contributed by atoms with van der Waals surface area (Å²) in [7, 11) is -2.73. The fourth-order valence-corrected chi connectivity index (χ4v) is 5.68. The van der Waals surface area contributed by atoms with Crippen LogP contribution in [0.5, 0.6) is 11.5 Å². The molecule has 166 valence electrons. The Morgan fingerprint density at radius 3 is 2.55 bits per heavy atom. The molecule has 0 aliphatic heterocycles. The van der Waals surface area contributed by atoms with E-state index in [1.165, 1.54) is 36.6 Å². The fourth-order valence-electron chi connectivity index (χ4n) is 3.41. The van der Waals surface area contributed by atoms with Crippen LogP contribution in [0.1, 0.15) is 5.56 Å². The van der Waals surface area contributed by atoms with Crippen molar-refractivity contribution in [1.29, 1.82) is 0 Å². The number of halogens is 1. The van der Waals surface area contributed by atoms with E-state index in [4.69, 9.17) is 20.5 Å². The van der Waals surface area contributed by atoms with E-state index in [1.807, 2.05) is 24.3 Å². The van der Waals surface area contributed by atoms with Gasteiger partial charge in [-0.25, -0.2) is 9.38 Å². The highest BCUT2D eigenvalue weighted by molar-refractivity contribution is 7.87. The Hall–Kier alpha value is -3.40. The molecule has 0 aliphatic carbocycles. The summed E-state index contributed by atoms with van der Waals surface area (Å²) in [6, 6.07) is 18.2. The fraction of sp³-hybridized carbons (Fsp3) is 0.0435. The van der Waals surface area contributed by atoms with Gasteiger partial charge in [-0.1, -0.05) is 53.3 Å². The topological polar surface area (TPSA) is 87.0 Å². The molecule has 0 fully saturated rings. The molecular formula is C23H15ClN2O5S2. The molecule has 0 amide bonds. The highest BCUT2D eigenvalue weighted by atomic mass is 35.5. The number of hydrogen-bond donors (Lipinski definition) is 0. The summed E-state index contributed by atoms with van der Waals surface area (Å²) in [5.74, 6) is -0.0121. The van der Waals surface area contributed by atoms with Gasteiger partial charge < -0.3 is 8.92 Å². The Bertz CT molecular complexity index is 1730. The van der Waals surface area contributed by atoms with Gasteiger partial charge in [0.15, 0.2) is 10.7 Å². The van der Waals surface area contributed by atoms with Gasteiger partial charge in [-0.05, 0) is 48.0 Å². The molecule has 7 nitrogen and oxygen atoms in total. The first-order chi connectivity index (χ1) is 15.9. The molecule has 0 N–H and O–H groups in total. The summed E-state index contributed by atoms with van der Waals surface area (Å²) < 4.78 is 37.9. The third-order valence-electron chi connectivity index (χ3n) is 4.92. The zero-order valence-electron chi connectivity index (χ0n) is 17.1. The third kappa shape index (κ3) is 3.84. The number of fused-ring (bicyclic) bond motifs is 3. The van der Waals surface area contributed by atoms with E-state index in [0.717, 1.165) is 11.0 Å². The van der Waals surface area contributed by atoms with Crippen molar-refractivity contribution >= 4 is 55.1 Å². The number of benzene rings is 3. The first-order valence-electron chi connectivity index (χ1n) is 9.66. The summed E-state index contributed by atoms with van der Waals surface area (Å²) in [5.41, 5.74) is 1.83. The van der Waals surface area contributed by atoms with Gasteiger partial charge in [0, 0.05) is 0 Å². The second kappa shape index (κ2) is 8.18. The van der Waals surface area contributed by atoms with Crippen LogP contribution in [0.2, 0.25) is 5.02 Å². The molecule has 3 aromatic carbocycles. The van der Waals surface area contributed by atoms with Gasteiger partial charge in [0.2, 0.25) is 5.75 Å². The van der Waals surface area contributed by atoms with Crippen molar-refractivity contribution in [3.8, 4) is 11.5 Å². The lowest BCUT2D eigenvalue weighted by Gasteiger charge is -2.13. The second-order valence-electron chi connectivity index (χ2n) is 7.02. The van der Waals surface area contributed by atoms with E-state index >= 15 is 0 Å². The largest absolute Gasteiger partial charge is 0.493 e. The van der Waals surface area contributed by atoms with Crippen LogP contribution in [-0.2, 0) is 10.1 Å². The molecule has 5 rings (SSSR count). The minimum Gasteiger partial charge on any atom is -0.493 e. The molecule has 5 aromatic rings. The van der Waals surface area contributed by atoms with Crippen LogP contribution in [0.3, 0.4) is 0 Å². The smallest absolute Gasteiger partial charge is 0.339 e. The maximum atomic E-state index is 13.0. The van der Waals surface area contributed by atoms with Crippen molar-refractivity contribution < 1.29 is 17.3 Å². The molecule has 0 unspecified atom stereocenters. The molecule has 2 aromatic heterocycles. The van der Waals surface area contributed by atoms with Gasteiger partial charge in [0.25, 0.3) is 5.56 Å². The minimum atomic E-state index is -4.11. The monoisotopic (exact) mass is 498 g/mol. The highest BCUT2D eigenvalue weighted by Crippen LogP contribution is 2.38. The van der Waals surface area contributed by atoms with Crippen molar-refractivity contribution in [2.24, 2.45) is 0 Å². The first-order valence-corrected chi connectivity index (χ1v) is 12.3. The summed E-state index contributed by atoms with van der Waals surface area (Å²) in [4.78, 5) is 18.1. The van der Waals surface area contributed by atoms with Crippen LogP contribution in [0.15, 0.2) is 76.4 Å². The number of methoxy groups -OCH3 is 1. The third-order valence-corrected chi connectivity index (χ3v) is 7.40. The Morgan fingerprint density at radius 2 is 1.79 bits per heavy atom. The maximum Gasteiger partial charge on any atom is 0.339 e. The lowest BCUT2D eigenvalue weighted by atomic mass is 10.2. The van der Waals surface area contributed by atoms with Crippen LogP contribution >= 0.6 is 22.9 Å². The average Bonchev–Trinajstić information content (AvgIpc) is 3.32. The average molecular weight is 499 g/mol. The van der Waals surface area contributed by atoms with Crippen LogP contribution in [-0.4, -0.2) is 24.9 Å². The minimum absolute atomic E-state index is 0.0103. The molecule has 0 aliphatic rings. The number of para-hydroxylation sites is 2. The summed E-state index contributed by atoms with van der Waals surface area (Å²) >= 11 is 7.61. The van der Waals surface area contributed by atoms with Crippen molar-refractivity contribution in [2.45, 2.75) is 4.90 Å². The Morgan fingerprint density at radius 1 is 1.06 bits per heavy atom. The maximum absolute atomic E-state index is 13.0. The first kappa shape index (κ1) is 21.4. The summed E-state index contributed by atoms with van der Waals surface area (Å²) in [6.07, 6.45) is 1.65. The van der Waals surface area contributed by atoms with Gasteiger partial charge in [-0.3, -0.25) is 4.79 Å². The van der Waals surface area contributed by atoms with E-state index in [1.54, 1.807) is 34.7 Å². The van der Waals surface area contributed by atoms with Gasteiger partial charge >= 0.3 is 10.1 Å². The number of nitrogens with zero attached hydrogens (tertiary/aromatic N) is 2. The number of aromatic nitrogens is 2. The Balaban J connectivity index is 1.58. The van der Waals surface area contributed by atoms with Crippen molar-refractivity contribution in [1.82, 2.24) is 9.38 Å². The van der Waals surface area contributed by atoms with Crippen molar-refractivity contribution in [2.75, 3.05) is 7.11 Å². The normalized spacial score (nSPS) is 12.5. The second-order valence-corrected chi connectivity index (χ2v) is 9.98. The number of thiazole rings is 1. The number of imidazole rings is 1. The van der Waals surface area contributed by atoms with E-state index in [9.17, 15) is 13.2 Å². The number of hydrogen-bond acceptors (Lipinski definition) is 7. The predicted octanol–water partition coefficient (Wildman–Crippen LogP) is 3.89. The van der Waals surface area contributed by atoms with E-state index in [2.05, 4.69) is 4.98 Å². The SMILES string of the molecule is COc1cc(/C=c2\sc3nc4ccccc4n3c2=O)cc(Cl)c1OS(=O)(=O)c1ccccc1. The standard InChI is InChI=1S/C23H15ClN2O5S2/c1-30-19-12-14(11-16(24)21(19)31-33(28,29)15-7-3-2-4-8-15)13-20-22(27)26-18-10-6-5-9-17(18)25-23(26)32-20/h2-13H,1H3/b20-13-. The van der Waals surface area contributed by atoms with E-state index in [-0.39, 0.29) is 27.0 Å². The molecule has 0 saturated carbocycles. The Kier molecular flexibility index (Phi) is 5.32. The molecule has 0 bridgehead atoms. The number of rotatable bonds is 5. The van der Waals surface area contributed by atoms with Crippen LogP contribution in [0.25, 0.3) is 22.1 Å². The Labute approximate surface area is 197 Å². The van der Waals surface area contributed by atoms with Crippen LogP contribution in [0.4, 0.5) is 0 Å². The lowest BCUT2D eigenvalue weighted by Crippen LogP contribution is -2.22. The zero-order chi connectivity index (χ0) is 23.2. The molecule has 10 heteroatoms. The number of ether oxygens (including phenoxy) is 1.